The van der Waals surface area contributed by atoms with Crippen LogP contribution in [0.5, 0.6) is 11.5 Å². The Bertz CT molecular complexity index is 644. The smallest absolute Gasteiger partial charge is 0.165 e. The molecule has 0 aliphatic rings. The summed E-state index contributed by atoms with van der Waals surface area (Å²) in [4.78, 5) is 0. The molecule has 0 unspecified atom stereocenters. The summed E-state index contributed by atoms with van der Waals surface area (Å²) in [7, 11) is 2.82. The average molecular weight is 288 g/mol. The van der Waals surface area contributed by atoms with Crippen LogP contribution in [-0.2, 0) is 0 Å². The van der Waals surface area contributed by atoms with Gasteiger partial charge in [0.1, 0.15) is 0 Å². The van der Waals surface area contributed by atoms with Crippen molar-refractivity contribution in [3.05, 3.63) is 64.9 Å². The van der Waals surface area contributed by atoms with Gasteiger partial charge in [-0.2, -0.15) is 0 Å². The summed E-state index contributed by atoms with van der Waals surface area (Å²) in [5.74, 6) is -0.506. The Kier molecular flexibility index (Phi) is 4.75. The van der Waals surface area contributed by atoms with Crippen LogP contribution in [0.4, 0.5) is 8.78 Å². The third kappa shape index (κ3) is 3.71. The minimum Gasteiger partial charge on any atom is -0.494 e. The van der Waals surface area contributed by atoms with Gasteiger partial charge < -0.3 is 9.47 Å². The number of benzene rings is 2. The van der Waals surface area contributed by atoms with Crippen LogP contribution in [0.3, 0.4) is 0 Å². The highest BCUT2D eigenvalue weighted by Gasteiger charge is 2.02. The van der Waals surface area contributed by atoms with Gasteiger partial charge in [0.05, 0.1) is 14.2 Å². The molecular weight excluding hydrogens is 274 g/mol. The van der Waals surface area contributed by atoms with E-state index in [4.69, 9.17) is 9.47 Å². The average Bonchev–Trinajstić information content (AvgIpc) is 2.48. The Balaban J connectivity index is 2.20. The normalized spacial score (nSPS) is 9.71. The van der Waals surface area contributed by atoms with Crippen LogP contribution < -0.4 is 9.47 Å². The third-order valence-corrected chi connectivity index (χ3v) is 2.85. The molecule has 2 aromatic rings. The molecule has 0 radical (unpaired) electrons. The molecule has 0 fully saturated rings. The standard InChI is InChI=1S/C17H14F2O2/c1-20-16-8-6-12(10-14(16)18)4-3-5-13-7-9-17(21-2)15(19)11-13/h4-11H,1-2H3. The van der Waals surface area contributed by atoms with Gasteiger partial charge >= 0.3 is 0 Å². The lowest BCUT2D eigenvalue weighted by molar-refractivity contribution is 0.386. The molecule has 21 heavy (non-hydrogen) atoms. The van der Waals surface area contributed by atoms with E-state index in [1.165, 1.54) is 38.5 Å². The Hall–Kier alpha value is -2.58. The molecular formula is C17H14F2O2. The number of hydrogen-bond acceptors (Lipinski definition) is 2. The van der Waals surface area contributed by atoms with Gasteiger partial charge in [0, 0.05) is 0 Å². The molecule has 0 spiro atoms. The summed E-state index contributed by atoms with van der Waals surface area (Å²) < 4.78 is 36.7. The first kappa shape index (κ1) is 14.8. The lowest BCUT2D eigenvalue weighted by Gasteiger charge is -2.01. The van der Waals surface area contributed by atoms with Crippen LogP contribution in [0.15, 0.2) is 42.1 Å². The molecule has 0 heterocycles. The molecule has 0 aromatic heterocycles. The Morgan fingerprint density at radius 1 is 0.810 bits per heavy atom. The van der Waals surface area contributed by atoms with E-state index in [1.54, 1.807) is 24.3 Å². The first-order valence-electron chi connectivity index (χ1n) is 6.23. The second-order valence-electron chi connectivity index (χ2n) is 4.24. The van der Waals surface area contributed by atoms with Crippen molar-refractivity contribution in [1.82, 2.24) is 0 Å². The van der Waals surface area contributed by atoms with Crippen molar-refractivity contribution in [3.63, 3.8) is 0 Å². The summed E-state index contributed by atoms with van der Waals surface area (Å²) in [6.45, 7) is 0. The molecule has 108 valence electrons. The Morgan fingerprint density at radius 2 is 1.24 bits per heavy atom. The largest absolute Gasteiger partial charge is 0.494 e. The van der Waals surface area contributed by atoms with E-state index in [1.807, 2.05) is 0 Å². The van der Waals surface area contributed by atoms with Gasteiger partial charge in [-0.25, -0.2) is 8.78 Å². The molecule has 0 saturated carbocycles. The number of rotatable bonds is 4. The fourth-order valence-corrected chi connectivity index (χ4v) is 1.78. The molecule has 2 nitrogen and oxygen atoms in total. The van der Waals surface area contributed by atoms with Crippen LogP contribution in [0, 0.1) is 11.6 Å². The predicted octanol–water partition coefficient (Wildman–Crippen LogP) is 4.31. The molecule has 2 rings (SSSR count). The zero-order chi connectivity index (χ0) is 15.2. The maximum absolute atomic E-state index is 13.5. The summed E-state index contributed by atoms with van der Waals surface area (Å²) >= 11 is 0. The molecule has 0 aliphatic carbocycles. The number of halogens is 2. The quantitative estimate of drug-likeness (QED) is 0.781. The first-order chi connectivity index (χ1) is 10.1. The zero-order valence-electron chi connectivity index (χ0n) is 11.7. The first-order valence-corrected chi connectivity index (χ1v) is 6.23. The van der Waals surface area contributed by atoms with Gasteiger partial charge in [0.15, 0.2) is 23.1 Å². The van der Waals surface area contributed by atoms with E-state index in [9.17, 15) is 8.78 Å². The van der Waals surface area contributed by atoms with Crippen LogP contribution in [0.25, 0.3) is 12.2 Å². The van der Waals surface area contributed by atoms with Crippen LogP contribution in [0.1, 0.15) is 11.1 Å². The highest BCUT2D eigenvalue weighted by molar-refractivity contribution is 5.58. The van der Waals surface area contributed by atoms with Crippen molar-refractivity contribution < 1.29 is 18.3 Å². The zero-order valence-corrected chi connectivity index (χ0v) is 11.7. The van der Waals surface area contributed by atoms with E-state index in [-0.39, 0.29) is 11.5 Å². The second kappa shape index (κ2) is 6.73. The molecule has 2 aromatic carbocycles. The molecule has 0 atom stereocenters. The molecule has 0 N–H and O–H groups in total. The van der Waals surface area contributed by atoms with Crippen LogP contribution >= 0.6 is 0 Å². The van der Waals surface area contributed by atoms with Gasteiger partial charge in [-0.05, 0) is 47.5 Å². The summed E-state index contributed by atoms with van der Waals surface area (Å²) in [5.41, 5.74) is 4.16. The van der Waals surface area contributed by atoms with Gasteiger partial charge in [0.2, 0.25) is 0 Å². The summed E-state index contributed by atoms with van der Waals surface area (Å²) in [5, 5.41) is 0. The van der Waals surface area contributed by atoms with E-state index in [0.717, 1.165) is 0 Å². The van der Waals surface area contributed by atoms with Crippen molar-refractivity contribution in [3.8, 4) is 11.5 Å². The van der Waals surface area contributed by atoms with Crippen molar-refractivity contribution >= 4 is 12.2 Å². The monoisotopic (exact) mass is 288 g/mol. The molecule has 0 saturated heterocycles. The van der Waals surface area contributed by atoms with Crippen molar-refractivity contribution in [2.24, 2.45) is 0 Å². The highest BCUT2D eigenvalue weighted by Crippen LogP contribution is 2.19. The van der Waals surface area contributed by atoms with Crippen molar-refractivity contribution in [1.29, 1.82) is 0 Å². The van der Waals surface area contributed by atoms with Gasteiger partial charge in [-0.15, -0.1) is 5.73 Å². The SMILES string of the molecule is COc1ccc(C=C=Cc2ccc(OC)c(F)c2)cc1F. The lowest BCUT2D eigenvalue weighted by atomic mass is 10.1. The molecule has 0 aliphatic heterocycles. The number of hydrogen-bond donors (Lipinski definition) is 0. The van der Waals surface area contributed by atoms with Crippen molar-refractivity contribution in [2.75, 3.05) is 14.2 Å². The Morgan fingerprint density at radius 3 is 1.57 bits per heavy atom. The van der Waals surface area contributed by atoms with E-state index >= 15 is 0 Å². The minimum absolute atomic E-state index is 0.188. The topological polar surface area (TPSA) is 18.5 Å². The maximum atomic E-state index is 13.5. The van der Waals surface area contributed by atoms with E-state index < -0.39 is 11.6 Å². The lowest BCUT2D eigenvalue weighted by Crippen LogP contribution is -1.88. The van der Waals surface area contributed by atoms with Gasteiger partial charge in [-0.1, -0.05) is 12.1 Å². The highest BCUT2D eigenvalue weighted by atomic mass is 19.1. The summed E-state index contributed by atoms with van der Waals surface area (Å²) in [6.07, 6.45) is 3.20. The molecule has 0 amide bonds. The number of ether oxygens (including phenoxy) is 2. The fourth-order valence-electron chi connectivity index (χ4n) is 1.78. The van der Waals surface area contributed by atoms with Crippen LogP contribution in [-0.4, -0.2) is 14.2 Å². The van der Waals surface area contributed by atoms with E-state index in [0.29, 0.717) is 11.1 Å². The molecule has 4 heteroatoms. The summed E-state index contributed by atoms with van der Waals surface area (Å²) in [6, 6.07) is 9.17. The Labute approximate surface area is 121 Å². The van der Waals surface area contributed by atoms with Crippen molar-refractivity contribution in [2.45, 2.75) is 0 Å². The molecule has 0 bridgehead atoms. The van der Waals surface area contributed by atoms with Crippen LogP contribution in [0.2, 0.25) is 0 Å². The maximum Gasteiger partial charge on any atom is 0.165 e. The van der Waals surface area contributed by atoms with Gasteiger partial charge in [-0.3, -0.25) is 0 Å². The predicted molar refractivity (Wildman–Crippen MR) is 78.3 cm³/mol. The second-order valence-corrected chi connectivity index (χ2v) is 4.24. The third-order valence-electron chi connectivity index (χ3n) is 2.85. The fraction of sp³-hybridized carbons (Fsp3) is 0.118. The van der Waals surface area contributed by atoms with E-state index in [2.05, 4.69) is 5.73 Å². The van der Waals surface area contributed by atoms with Gasteiger partial charge in [0.25, 0.3) is 0 Å². The minimum atomic E-state index is -0.441. The number of methoxy groups -OCH3 is 2.